The van der Waals surface area contributed by atoms with Crippen LogP contribution in [0.3, 0.4) is 0 Å². The van der Waals surface area contributed by atoms with Gasteiger partial charge in [-0.05, 0) is 102 Å². The maximum absolute atomic E-state index is 14.9. The Morgan fingerprint density at radius 3 is 2.44 bits per heavy atom. The van der Waals surface area contributed by atoms with E-state index >= 15 is 0 Å². The van der Waals surface area contributed by atoms with Gasteiger partial charge in [0.1, 0.15) is 5.82 Å². The van der Waals surface area contributed by atoms with Crippen molar-refractivity contribution in [2.24, 2.45) is 11.8 Å². The molecule has 1 unspecified atom stereocenters. The predicted molar refractivity (Wildman–Crippen MR) is 151 cm³/mol. The van der Waals surface area contributed by atoms with Gasteiger partial charge < -0.3 is 0 Å². The van der Waals surface area contributed by atoms with E-state index in [1.165, 1.54) is 72.8 Å². The predicted octanol–water partition coefficient (Wildman–Crippen LogP) is 9.45. The van der Waals surface area contributed by atoms with Crippen LogP contribution in [0.15, 0.2) is 89.6 Å². The zero-order valence-electron chi connectivity index (χ0n) is 21.9. The number of unbranched alkanes of at least 4 members (excludes halogenated alkanes) is 5. The van der Waals surface area contributed by atoms with Crippen molar-refractivity contribution in [3.05, 3.63) is 118 Å². The Morgan fingerprint density at radius 1 is 0.889 bits per heavy atom. The van der Waals surface area contributed by atoms with E-state index in [2.05, 4.69) is 67.6 Å². The summed E-state index contributed by atoms with van der Waals surface area (Å²) in [6.45, 7) is 2.24. The number of hydrogen-bond donors (Lipinski definition) is 0. The Kier molecular flexibility index (Phi) is 8.36. The summed E-state index contributed by atoms with van der Waals surface area (Å²) in [5, 5.41) is 0. The summed E-state index contributed by atoms with van der Waals surface area (Å²) in [4.78, 5) is 0. The first-order valence-electron chi connectivity index (χ1n) is 14.3. The van der Waals surface area contributed by atoms with Gasteiger partial charge in [-0.15, -0.1) is 0 Å². The molecule has 0 bridgehead atoms. The first-order valence-corrected chi connectivity index (χ1v) is 14.3. The van der Waals surface area contributed by atoms with Gasteiger partial charge in [0.25, 0.3) is 0 Å². The molecule has 3 aliphatic rings. The van der Waals surface area contributed by atoms with E-state index in [0.717, 1.165) is 43.2 Å². The molecule has 3 aliphatic carbocycles. The monoisotopic (exact) mass is 480 g/mol. The van der Waals surface area contributed by atoms with Crippen molar-refractivity contribution in [2.75, 3.05) is 0 Å². The molecule has 0 radical (unpaired) electrons. The van der Waals surface area contributed by atoms with E-state index in [9.17, 15) is 4.39 Å². The number of allylic oxidation sites excluding steroid dienone is 8. The fraction of sp³-hybridized carbons (Fsp3) is 0.429. The summed E-state index contributed by atoms with van der Waals surface area (Å²) in [5.41, 5.74) is 9.25. The molecule has 36 heavy (non-hydrogen) atoms. The normalized spacial score (nSPS) is 19.3. The molecule has 2 aromatic carbocycles. The number of fused-ring (bicyclic) bond motifs is 2. The van der Waals surface area contributed by atoms with Crippen molar-refractivity contribution in [3.8, 4) is 0 Å². The van der Waals surface area contributed by atoms with Crippen LogP contribution in [0.1, 0.15) is 80.5 Å². The maximum atomic E-state index is 14.9. The van der Waals surface area contributed by atoms with Crippen LogP contribution in [0.2, 0.25) is 0 Å². The summed E-state index contributed by atoms with van der Waals surface area (Å²) >= 11 is 0. The standard InChI is InChI=1S/C35H41F/c1-2-3-4-5-6-7-13-29-20-19-27(23-35(29)36)21-26-12-10-16-28-17-11-18-33(34(28)22-26)32-24-30-14-8-9-15-31(30)25-32/h8-9,11-12,14-17,19-20,22-23,32-33H,2-7,10,13,18,21,24-25H2,1H3. The molecule has 0 saturated heterocycles. The molecular formula is C35H41F. The van der Waals surface area contributed by atoms with Gasteiger partial charge in [0, 0.05) is 0 Å². The second-order valence-electron chi connectivity index (χ2n) is 11.1. The van der Waals surface area contributed by atoms with Crippen molar-refractivity contribution in [2.45, 2.75) is 84.0 Å². The molecule has 2 aromatic rings. The second kappa shape index (κ2) is 12.0. The highest BCUT2D eigenvalue weighted by atomic mass is 19.1. The lowest BCUT2D eigenvalue weighted by atomic mass is 9.75. The van der Waals surface area contributed by atoms with Crippen LogP contribution < -0.4 is 0 Å². The van der Waals surface area contributed by atoms with Gasteiger partial charge in [-0.3, -0.25) is 0 Å². The molecule has 0 aliphatic heterocycles. The minimum atomic E-state index is -0.0241. The Morgan fingerprint density at radius 2 is 1.67 bits per heavy atom. The molecule has 1 atom stereocenters. The van der Waals surface area contributed by atoms with Crippen LogP contribution in [0, 0.1) is 17.7 Å². The highest BCUT2D eigenvalue weighted by Crippen LogP contribution is 2.42. The molecule has 0 aromatic heterocycles. The van der Waals surface area contributed by atoms with Crippen molar-refractivity contribution in [1.29, 1.82) is 0 Å². The molecule has 0 N–H and O–H groups in total. The lowest BCUT2D eigenvalue weighted by Gasteiger charge is -2.29. The Bertz CT molecular complexity index is 1150. The first-order chi connectivity index (χ1) is 17.7. The molecule has 0 nitrogen and oxygen atoms in total. The van der Waals surface area contributed by atoms with E-state index < -0.39 is 0 Å². The summed E-state index contributed by atoms with van der Waals surface area (Å²) in [6, 6.07) is 14.9. The molecule has 0 saturated carbocycles. The van der Waals surface area contributed by atoms with Crippen LogP contribution in [-0.2, 0) is 25.7 Å². The minimum Gasteiger partial charge on any atom is -0.207 e. The summed E-state index contributed by atoms with van der Waals surface area (Å²) in [6.07, 6.45) is 25.4. The SMILES string of the molecule is CCCCCCCCc1ccc(CC2=CCC=C3C=CCC(C4Cc5ccccc5C4)C3=C2)cc1F. The fourth-order valence-corrected chi connectivity index (χ4v) is 6.43. The number of benzene rings is 2. The summed E-state index contributed by atoms with van der Waals surface area (Å²) in [5.74, 6) is 1.20. The maximum Gasteiger partial charge on any atom is 0.126 e. The van der Waals surface area contributed by atoms with Crippen LogP contribution in [-0.4, -0.2) is 0 Å². The molecule has 0 amide bonds. The van der Waals surface area contributed by atoms with Gasteiger partial charge in [0.15, 0.2) is 0 Å². The highest BCUT2D eigenvalue weighted by Gasteiger charge is 2.32. The van der Waals surface area contributed by atoms with E-state index in [4.69, 9.17) is 0 Å². The summed E-state index contributed by atoms with van der Waals surface area (Å²) in [7, 11) is 0. The van der Waals surface area contributed by atoms with Gasteiger partial charge >= 0.3 is 0 Å². The lowest BCUT2D eigenvalue weighted by Crippen LogP contribution is -2.20. The topological polar surface area (TPSA) is 0 Å². The largest absolute Gasteiger partial charge is 0.207 e. The second-order valence-corrected chi connectivity index (χ2v) is 11.1. The van der Waals surface area contributed by atoms with E-state index in [0.29, 0.717) is 11.8 Å². The molecular weight excluding hydrogens is 439 g/mol. The van der Waals surface area contributed by atoms with Crippen molar-refractivity contribution in [1.82, 2.24) is 0 Å². The van der Waals surface area contributed by atoms with E-state index in [-0.39, 0.29) is 5.82 Å². The quantitative estimate of drug-likeness (QED) is 0.297. The number of hydrogen-bond acceptors (Lipinski definition) is 0. The Labute approximate surface area is 217 Å². The number of rotatable bonds is 10. The first kappa shape index (κ1) is 25.0. The summed E-state index contributed by atoms with van der Waals surface area (Å²) < 4.78 is 14.9. The van der Waals surface area contributed by atoms with E-state index in [1.54, 1.807) is 6.07 Å². The van der Waals surface area contributed by atoms with Crippen LogP contribution >= 0.6 is 0 Å². The lowest BCUT2D eigenvalue weighted by molar-refractivity contribution is 0.397. The van der Waals surface area contributed by atoms with Crippen molar-refractivity contribution >= 4 is 0 Å². The van der Waals surface area contributed by atoms with Gasteiger partial charge in [0.2, 0.25) is 0 Å². The van der Waals surface area contributed by atoms with Crippen molar-refractivity contribution in [3.63, 3.8) is 0 Å². The zero-order chi connectivity index (χ0) is 24.7. The Hall–Kier alpha value is -2.67. The van der Waals surface area contributed by atoms with Crippen LogP contribution in [0.5, 0.6) is 0 Å². The Balaban J connectivity index is 1.25. The average Bonchev–Trinajstić information content (AvgIpc) is 3.21. The molecule has 0 heterocycles. The minimum absolute atomic E-state index is 0.0241. The fourth-order valence-electron chi connectivity index (χ4n) is 6.43. The number of halogens is 1. The zero-order valence-corrected chi connectivity index (χ0v) is 21.9. The highest BCUT2D eigenvalue weighted by molar-refractivity contribution is 5.51. The smallest absolute Gasteiger partial charge is 0.126 e. The molecule has 188 valence electrons. The molecule has 0 spiro atoms. The van der Waals surface area contributed by atoms with E-state index in [1.807, 2.05) is 6.07 Å². The third-order valence-electron chi connectivity index (χ3n) is 8.46. The third kappa shape index (κ3) is 6.00. The molecule has 1 heteroatoms. The van der Waals surface area contributed by atoms with Gasteiger partial charge in [-0.25, -0.2) is 4.39 Å². The van der Waals surface area contributed by atoms with Gasteiger partial charge in [-0.2, -0.15) is 0 Å². The average molecular weight is 481 g/mol. The van der Waals surface area contributed by atoms with Gasteiger partial charge in [-0.1, -0.05) is 106 Å². The van der Waals surface area contributed by atoms with Crippen molar-refractivity contribution < 1.29 is 4.39 Å². The third-order valence-corrected chi connectivity index (χ3v) is 8.46. The molecule has 5 rings (SSSR count). The number of aryl methyl sites for hydroxylation is 1. The van der Waals surface area contributed by atoms with Crippen LogP contribution in [0.4, 0.5) is 4.39 Å². The molecule has 0 fully saturated rings. The van der Waals surface area contributed by atoms with Gasteiger partial charge in [0.05, 0.1) is 0 Å². The van der Waals surface area contributed by atoms with Crippen LogP contribution in [0.25, 0.3) is 0 Å².